The van der Waals surface area contributed by atoms with Gasteiger partial charge in [-0.1, -0.05) is 30.3 Å². The second-order valence-electron chi connectivity index (χ2n) is 6.70. The fourth-order valence-corrected chi connectivity index (χ4v) is 2.75. The molecule has 9 nitrogen and oxygen atoms in total. The van der Waals surface area contributed by atoms with Gasteiger partial charge in [0.25, 0.3) is 5.91 Å². The lowest BCUT2D eigenvalue weighted by atomic mass is 10.0. The van der Waals surface area contributed by atoms with Gasteiger partial charge in [0.2, 0.25) is 5.91 Å². The van der Waals surface area contributed by atoms with Crippen molar-refractivity contribution in [3.63, 3.8) is 0 Å². The fourth-order valence-electron chi connectivity index (χ4n) is 2.75. The van der Waals surface area contributed by atoms with Crippen molar-refractivity contribution in [3.05, 3.63) is 65.7 Å². The van der Waals surface area contributed by atoms with Crippen LogP contribution >= 0.6 is 0 Å². The highest BCUT2D eigenvalue weighted by Crippen LogP contribution is 2.13. The average molecular weight is 428 g/mol. The first-order valence-corrected chi connectivity index (χ1v) is 9.88. The van der Waals surface area contributed by atoms with Gasteiger partial charge in [-0.2, -0.15) is 0 Å². The van der Waals surface area contributed by atoms with Gasteiger partial charge in [0.1, 0.15) is 6.04 Å². The lowest BCUT2D eigenvalue weighted by Crippen LogP contribution is -2.48. The molecule has 2 aromatic carbocycles. The minimum absolute atomic E-state index is 0.0667. The summed E-state index contributed by atoms with van der Waals surface area (Å²) in [5, 5.41) is 5.61. The van der Waals surface area contributed by atoms with E-state index >= 15 is 0 Å². The van der Waals surface area contributed by atoms with Gasteiger partial charge in [0.05, 0.1) is 25.5 Å². The second kappa shape index (κ2) is 13.0. The van der Waals surface area contributed by atoms with Crippen molar-refractivity contribution in [2.75, 3.05) is 33.5 Å². The molecule has 2 rings (SSSR count). The van der Waals surface area contributed by atoms with Gasteiger partial charge < -0.3 is 31.6 Å². The van der Waals surface area contributed by atoms with Crippen LogP contribution in [0.25, 0.3) is 0 Å². The van der Waals surface area contributed by atoms with E-state index in [1.807, 2.05) is 30.3 Å². The molecule has 0 fully saturated rings. The molecule has 0 radical (unpaired) electrons. The van der Waals surface area contributed by atoms with E-state index in [-0.39, 0.29) is 17.8 Å². The molecule has 0 aliphatic carbocycles. The first-order valence-electron chi connectivity index (χ1n) is 9.88. The van der Waals surface area contributed by atoms with Gasteiger partial charge in [0, 0.05) is 25.6 Å². The molecule has 0 saturated heterocycles. The number of nitrogens with one attached hydrogen (secondary N) is 2. The number of rotatable bonds is 12. The zero-order valence-corrected chi connectivity index (χ0v) is 17.5. The number of guanidine groups is 1. The summed E-state index contributed by atoms with van der Waals surface area (Å²) in [5.41, 5.74) is 12.6. The van der Waals surface area contributed by atoms with Crippen molar-refractivity contribution in [2.45, 2.75) is 12.5 Å². The van der Waals surface area contributed by atoms with Gasteiger partial charge in [-0.05, 0) is 29.8 Å². The van der Waals surface area contributed by atoms with Crippen molar-refractivity contribution in [3.8, 4) is 0 Å². The summed E-state index contributed by atoms with van der Waals surface area (Å²) in [6.45, 7) is 1.62. The Hall–Kier alpha value is -3.43. The Morgan fingerprint density at radius 3 is 2.35 bits per heavy atom. The predicted molar refractivity (Wildman–Crippen MR) is 119 cm³/mol. The Labute approximate surface area is 181 Å². The Morgan fingerprint density at radius 2 is 1.71 bits per heavy atom. The van der Waals surface area contributed by atoms with Crippen LogP contribution in [-0.2, 0) is 20.7 Å². The van der Waals surface area contributed by atoms with E-state index in [0.29, 0.717) is 44.0 Å². The lowest BCUT2D eigenvalue weighted by Gasteiger charge is -2.19. The molecule has 31 heavy (non-hydrogen) atoms. The van der Waals surface area contributed by atoms with Crippen molar-refractivity contribution in [2.24, 2.45) is 16.5 Å². The maximum absolute atomic E-state index is 12.7. The van der Waals surface area contributed by atoms with Crippen LogP contribution in [0, 0.1) is 0 Å². The highest BCUT2D eigenvalue weighted by molar-refractivity contribution is 5.98. The van der Waals surface area contributed by atoms with Crippen LogP contribution in [0.3, 0.4) is 0 Å². The maximum atomic E-state index is 12.7. The standard InChI is InChI=1S/C22H29N5O4/c1-30-13-14-31-12-11-25-21(29)19(15-16-5-3-2-4-6-16)27-20(28)17-7-9-18(10-8-17)26-22(23)24/h2-10,19H,11-15H2,1H3,(H,25,29)(H,27,28)(H4,23,24,26). The third-order valence-electron chi connectivity index (χ3n) is 4.27. The normalized spacial score (nSPS) is 11.4. The van der Waals surface area contributed by atoms with E-state index < -0.39 is 6.04 Å². The van der Waals surface area contributed by atoms with Crippen LogP contribution in [-0.4, -0.2) is 57.3 Å². The van der Waals surface area contributed by atoms with E-state index in [4.69, 9.17) is 20.9 Å². The van der Waals surface area contributed by atoms with Crippen LogP contribution in [0.15, 0.2) is 59.6 Å². The Kier molecular flexibility index (Phi) is 9.99. The summed E-state index contributed by atoms with van der Waals surface area (Å²) in [5.74, 6) is -0.726. The predicted octanol–water partition coefficient (Wildman–Crippen LogP) is 0.712. The van der Waals surface area contributed by atoms with Crippen LogP contribution in [0.1, 0.15) is 15.9 Å². The molecule has 0 spiro atoms. The van der Waals surface area contributed by atoms with E-state index in [2.05, 4.69) is 15.6 Å². The Balaban J connectivity index is 2.01. The zero-order valence-electron chi connectivity index (χ0n) is 17.5. The number of nitrogens with two attached hydrogens (primary N) is 2. The number of hydrogen-bond acceptors (Lipinski definition) is 5. The van der Waals surface area contributed by atoms with Crippen LogP contribution in [0.4, 0.5) is 5.69 Å². The van der Waals surface area contributed by atoms with E-state index in [0.717, 1.165) is 5.56 Å². The number of aliphatic imine (C=N–C) groups is 1. The summed E-state index contributed by atoms with van der Waals surface area (Å²) in [7, 11) is 1.59. The summed E-state index contributed by atoms with van der Waals surface area (Å²) in [6.07, 6.45) is 0.356. The highest BCUT2D eigenvalue weighted by Gasteiger charge is 2.21. The molecule has 0 saturated carbocycles. The lowest BCUT2D eigenvalue weighted by molar-refractivity contribution is -0.123. The minimum atomic E-state index is -0.744. The van der Waals surface area contributed by atoms with Crippen molar-refractivity contribution in [1.29, 1.82) is 0 Å². The van der Waals surface area contributed by atoms with Gasteiger partial charge in [-0.15, -0.1) is 0 Å². The molecule has 166 valence electrons. The summed E-state index contributed by atoms with van der Waals surface area (Å²) < 4.78 is 10.3. The molecule has 0 aliphatic rings. The van der Waals surface area contributed by atoms with Crippen LogP contribution in [0.2, 0.25) is 0 Å². The quantitative estimate of drug-likeness (QED) is 0.223. The van der Waals surface area contributed by atoms with E-state index in [1.54, 1.807) is 31.4 Å². The van der Waals surface area contributed by atoms with Gasteiger partial charge in [-0.25, -0.2) is 4.99 Å². The Bertz CT molecular complexity index is 852. The number of hydrogen-bond donors (Lipinski definition) is 4. The molecule has 9 heteroatoms. The molecule has 0 bridgehead atoms. The summed E-state index contributed by atoms with van der Waals surface area (Å²) >= 11 is 0. The van der Waals surface area contributed by atoms with Gasteiger partial charge in [0.15, 0.2) is 5.96 Å². The number of nitrogens with zero attached hydrogens (tertiary/aromatic N) is 1. The Morgan fingerprint density at radius 1 is 1.00 bits per heavy atom. The third-order valence-corrected chi connectivity index (χ3v) is 4.27. The first kappa shape index (κ1) is 23.8. The number of carbonyl (C=O) groups excluding carboxylic acids is 2. The van der Waals surface area contributed by atoms with Crippen molar-refractivity contribution >= 4 is 23.5 Å². The third kappa shape index (κ3) is 8.85. The highest BCUT2D eigenvalue weighted by atomic mass is 16.5. The molecule has 0 heterocycles. The van der Waals surface area contributed by atoms with E-state index in [9.17, 15) is 9.59 Å². The number of benzene rings is 2. The monoisotopic (exact) mass is 427 g/mol. The van der Waals surface area contributed by atoms with E-state index in [1.165, 1.54) is 0 Å². The molecule has 6 N–H and O–H groups in total. The smallest absolute Gasteiger partial charge is 0.251 e. The molecule has 1 unspecified atom stereocenters. The number of methoxy groups -OCH3 is 1. The zero-order chi connectivity index (χ0) is 22.5. The van der Waals surface area contributed by atoms with Crippen molar-refractivity contribution in [1.82, 2.24) is 10.6 Å². The molecule has 0 aromatic heterocycles. The average Bonchev–Trinajstić information content (AvgIpc) is 2.76. The summed E-state index contributed by atoms with van der Waals surface area (Å²) in [6, 6.07) is 15.2. The first-order chi connectivity index (χ1) is 15.0. The molecule has 1 atom stereocenters. The number of ether oxygens (including phenoxy) is 2. The largest absolute Gasteiger partial charge is 0.382 e. The molecular formula is C22H29N5O4. The van der Waals surface area contributed by atoms with Gasteiger partial charge in [-0.3, -0.25) is 9.59 Å². The fraction of sp³-hybridized carbons (Fsp3) is 0.318. The SMILES string of the molecule is COCCOCCNC(=O)C(Cc1ccccc1)NC(=O)c1ccc(N=C(N)N)cc1. The van der Waals surface area contributed by atoms with Crippen molar-refractivity contribution < 1.29 is 19.1 Å². The molecular weight excluding hydrogens is 398 g/mol. The molecule has 0 aliphatic heterocycles. The van der Waals surface area contributed by atoms with Gasteiger partial charge >= 0.3 is 0 Å². The number of amides is 2. The molecule has 2 amide bonds. The maximum Gasteiger partial charge on any atom is 0.251 e. The number of carbonyl (C=O) groups is 2. The van der Waals surface area contributed by atoms with Crippen LogP contribution < -0.4 is 22.1 Å². The second-order valence-corrected chi connectivity index (χ2v) is 6.70. The minimum Gasteiger partial charge on any atom is -0.382 e. The topological polar surface area (TPSA) is 141 Å². The van der Waals surface area contributed by atoms with Crippen LogP contribution in [0.5, 0.6) is 0 Å². The summed E-state index contributed by atoms with van der Waals surface area (Å²) in [4.78, 5) is 29.4. The molecule has 2 aromatic rings.